The number of para-hydroxylation sites is 1. The Labute approximate surface area is 121 Å². The third kappa shape index (κ3) is 2.71. The first kappa shape index (κ1) is 14.6. The molecule has 0 aliphatic rings. The van der Waals surface area contributed by atoms with Crippen molar-refractivity contribution < 1.29 is 9.53 Å². The summed E-state index contributed by atoms with van der Waals surface area (Å²) in [4.78, 5) is 16.3. The number of nitrogens with zero attached hydrogens (tertiary/aromatic N) is 2. The van der Waals surface area contributed by atoms with Gasteiger partial charge in [-0.25, -0.2) is 4.98 Å². The highest BCUT2D eigenvalue weighted by atomic mass is 35.5. The van der Waals surface area contributed by atoms with Gasteiger partial charge in [-0.1, -0.05) is 17.7 Å². The largest absolute Gasteiger partial charge is 0.383 e. The molecule has 0 bridgehead atoms. The molecular weight excluding hydrogens is 280 g/mol. The van der Waals surface area contributed by atoms with Gasteiger partial charge in [-0.15, -0.1) is 0 Å². The lowest BCUT2D eigenvalue weighted by molar-refractivity contribution is -0.123. The number of amides is 1. The summed E-state index contributed by atoms with van der Waals surface area (Å²) in [5, 5.41) is 3.29. The number of anilines is 1. The maximum Gasteiger partial charge on any atom is 0.242 e. The van der Waals surface area contributed by atoms with E-state index in [0.29, 0.717) is 23.7 Å². The summed E-state index contributed by atoms with van der Waals surface area (Å²) >= 11 is 6.08. The number of ether oxygens (including phenoxy) is 1. The lowest BCUT2D eigenvalue weighted by Gasteiger charge is -2.15. The van der Waals surface area contributed by atoms with Gasteiger partial charge in [0, 0.05) is 13.7 Å². The molecule has 2 rings (SSSR count). The molecule has 0 aliphatic heterocycles. The van der Waals surface area contributed by atoms with Crippen molar-refractivity contribution in [3.63, 3.8) is 0 Å². The van der Waals surface area contributed by atoms with E-state index in [0.717, 1.165) is 5.52 Å². The molecule has 7 heteroatoms. The molecule has 0 saturated heterocycles. The van der Waals surface area contributed by atoms with Crippen LogP contribution in [0.15, 0.2) is 18.2 Å². The van der Waals surface area contributed by atoms with Crippen LogP contribution in [-0.2, 0) is 9.53 Å². The summed E-state index contributed by atoms with van der Waals surface area (Å²) in [6.45, 7) is 2.68. The second kappa shape index (κ2) is 6.11. The van der Waals surface area contributed by atoms with Crippen LogP contribution in [-0.4, -0.2) is 35.7 Å². The van der Waals surface area contributed by atoms with E-state index in [4.69, 9.17) is 22.1 Å². The van der Waals surface area contributed by atoms with Crippen molar-refractivity contribution in [2.45, 2.75) is 13.0 Å². The second-order valence-electron chi connectivity index (χ2n) is 4.41. The highest BCUT2D eigenvalue weighted by Gasteiger charge is 2.20. The highest BCUT2D eigenvalue weighted by molar-refractivity contribution is 6.35. The number of nitrogens with one attached hydrogen (secondary N) is 1. The van der Waals surface area contributed by atoms with Crippen molar-refractivity contribution in [3.05, 3.63) is 23.2 Å². The number of halogens is 1. The third-order valence-corrected chi connectivity index (χ3v) is 3.38. The van der Waals surface area contributed by atoms with Crippen molar-refractivity contribution in [2.75, 3.05) is 26.0 Å². The SMILES string of the molecule is COCCNC(=O)C(C)n1c(N)nc2c(Cl)cccc21. The van der Waals surface area contributed by atoms with Gasteiger partial charge >= 0.3 is 0 Å². The minimum absolute atomic E-state index is 0.145. The van der Waals surface area contributed by atoms with Crippen LogP contribution in [0.1, 0.15) is 13.0 Å². The van der Waals surface area contributed by atoms with E-state index in [1.807, 2.05) is 6.07 Å². The summed E-state index contributed by atoms with van der Waals surface area (Å²) in [6.07, 6.45) is 0. The maximum absolute atomic E-state index is 12.1. The van der Waals surface area contributed by atoms with Gasteiger partial charge in [0.05, 0.1) is 17.1 Å². The Morgan fingerprint density at radius 3 is 3.05 bits per heavy atom. The van der Waals surface area contributed by atoms with E-state index in [-0.39, 0.29) is 11.9 Å². The molecule has 0 spiro atoms. The van der Waals surface area contributed by atoms with Crippen LogP contribution in [0.4, 0.5) is 5.95 Å². The zero-order valence-electron chi connectivity index (χ0n) is 11.4. The molecule has 6 nitrogen and oxygen atoms in total. The third-order valence-electron chi connectivity index (χ3n) is 3.07. The van der Waals surface area contributed by atoms with E-state index >= 15 is 0 Å². The Bertz CT molecular complexity index is 626. The molecule has 108 valence electrons. The Hall–Kier alpha value is -1.79. The van der Waals surface area contributed by atoms with Crippen LogP contribution >= 0.6 is 11.6 Å². The average Bonchev–Trinajstić information content (AvgIpc) is 2.76. The van der Waals surface area contributed by atoms with E-state index in [1.165, 1.54) is 0 Å². The van der Waals surface area contributed by atoms with Crippen LogP contribution in [0.25, 0.3) is 11.0 Å². The van der Waals surface area contributed by atoms with Crippen molar-refractivity contribution in [3.8, 4) is 0 Å². The molecule has 1 amide bonds. The number of hydrogen-bond acceptors (Lipinski definition) is 4. The topological polar surface area (TPSA) is 82.2 Å². The number of aromatic nitrogens is 2. The summed E-state index contributed by atoms with van der Waals surface area (Å²) in [5.74, 6) is 0.121. The summed E-state index contributed by atoms with van der Waals surface area (Å²) in [7, 11) is 1.58. The van der Waals surface area contributed by atoms with E-state index < -0.39 is 6.04 Å². The van der Waals surface area contributed by atoms with Crippen molar-refractivity contribution in [1.82, 2.24) is 14.9 Å². The number of carbonyl (C=O) groups excluding carboxylic acids is 1. The fourth-order valence-electron chi connectivity index (χ4n) is 2.05. The molecule has 1 unspecified atom stereocenters. The standard InChI is InChI=1S/C13H17ClN4O2/c1-8(12(19)16-6-7-20-2)18-10-5-3-4-9(14)11(10)17-13(18)15/h3-5,8H,6-7H2,1-2H3,(H2,15,17)(H,16,19). The molecular formula is C13H17ClN4O2. The number of hydrogen-bond donors (Lipinski definition) is 2. The Balaban J connectivity index is 2.30. The number of benzene rings is 1. The summed E-state index contributed by atoms with van der Waals surface area (Å²) in [5.41, 5.74) is 7.24. The van der Waals surface area contributed by atoms with Gasteiger partial charge < -0.3 is 15.8 Å². The highest BCUT2D eigenvalue weighted by Crippen LogP contribution is 2.27. The van der Waals surface area contributed by atoms with Crippen LogP contribution in [0.5, 0.6) is 0 Å². The maximum atomic E-state index is 12.1. The number of fused-ring (bicyclic) bond motifs is 1. The van der Waals surface area contributed by atoms with E-state index in [2.05, 4.69) is 10.3 Å². The van der Waals surface area contributed by atoms with Gasteiger partial charge in [0.15, 0.2) is 0 Å². The fraction of sp³-hybridized carbons (Fsp3) is 0.385. The Kier molecular flexibility index (Phi) is 4.46. The van der Waals surface area contributed by atoms with Gasteiger partial charge in [-0.05, 0) is 19.1 Å². The number of rotatable bonds is 5. The molecule has 20 heavy (non-hydrogen) atoms. The molecule has 3 N–H and O–H groups in total. The van der Waals surface area contributed by atoms with Crippen molar-refractivity contribution in [1.29, 1.82) is 0 Å². The van der Waals surface area contributed by atoms with Crippen molar-refractivity contribution >= 4 is 34.5 Å². The van der Waals surface area contributed by atoms with Gasteiger partial charge in [-0.2, -0.15) is 0 Å². The lowest BCUT2D eigenvalue weighted by atomic mass is 10.2. The molecule has 0 aliphatic carbocycles. The molecule has 0 saturated carbocycles. The first-order valence-corrected chi connectivity index (χ1v) is 6.62. The normalized spacial score (nSPS) is 12.6. The number of nitrogens with two attached hydrogens (primary N) is 1. The molecule has 0 fully saturated rings. The Morgan fingerprint density at radius 1 is 1.60 bits per heavy atom. The first-order valence-electron chi connectivity index (χ1n) is 6.24. The van der Waals surface area contributed by atoms with E-state index in [1.54, 1.807) is 30.7 Å². The van der Waals surface area contributed by atoms with Crippen LogP contribution in [0, 0.1) is 0 Å². The van der Waals surface area contributed by atoms with Crippen LogP contribution in [0.2, 0.25) is 5.02 Å². The van der Waals surface area contributed by atoms with Gasteiger partial charge in [-0.3, -0.25) is 9.36 Å². The van der Waals surface area contributed by atoms with Gasteiger partial charge in [0.2, 0.25) is 11.9 Å². The second-order valence-corrected chi connectivity index (χ2v) is 4.81. The quantitative estimate of drug-likeness (QED) is 0.821. The zero-order valence-corrected chi connectivity index (χ0v) is 12.1. The predicted octanol–water partition coefficient (Wildman–Crippen LogP) is 1.60. The zero-order chi connectivity index (χ0) is 14.7. The van der Waals surface area contributed by atoms with Crippen LogP contribution in [0.3, 0.4) is 0 Å². The predicted molar refractivity (Wildman–Crippen MR) is 78.8 cm³/mol. The van der Waals surface area contributed by atoms with Crippen LogP contribution < -0.4 is 11.1 Å². The number of carbonyl (C=O) groups is 1. The molecule has 0 radical (unpaired) electrons. The minimum atomic E-state index is -0.477. The molecule has 1 atom stereocenters. The monoisotopic (exact) mass is 296 g/mol. The number of imidazole rings is 1. The summed E-state index contributed by atoms with van der Waals surface area (Å²) < 4.78 is 6.57. The number of nitrogen functional groups attached to an aromatic ring is 1. The molecule has 1 heterocycles. The number of methoxy groups -OCH3 is 1. The molecule has 1 aromatic carbocycles. The Morgan fingerprint density at radius 2 is 2.35 bits per heavy atom. The average molecular weight is 297 g/mol. The van der Waals surface area contributed by atoms with Gasteiger partial charge in [0.1, 0.15) is 11.6 Å². The van der Waals surface area contributed by atoms with Crippen molar-refractivity contribution in [2.24, 2.45) is 0 Å². The fourth-order valence-corrected chi connectivity index (χ4v) is 2.26. The molecule has 2 aromatic rings. The van der Waals surface area contributed by atoms with E-state index in [9.17, 15) is 4.79 Å². The summed E-state index contributed by atoms with van der Waals surface area (Å²) in [6, 6.07) is 4.90. The lowest BCUT2D eigenvalue weighted by Crippen LogP contribution is -2.33. The minimum Gasteiger partial charge on any atom is -0.383 e. The smallest absolute Gasteiger partial charge is 0.242 e. The molecule has 1 aromatic heterocycles. The van der Waals surface area contributed by atoms with Gasteiger partial charge in [0.25, 0.3) is 0 Å². The first-order chi connectivity index (χ1) is 9.56.